The largest absolute Gasteiger partial charge is 0.495 e. The van der Waals surface area contributed by atoms with Crippen LogP contribution < -0.4 is 4.74 Å². The second-order valence-corrected chi connectivity index (χ2v) is 3.87. The van der Waals surface area contributed by atoms with Crippen LogP contribution in [0.25, 0.3) is 11.1 Å². The Morgan fingerprint density at radius 3 is 2.82 bits per heavy atom. The topological polar surface area (TPSA) is 26.3 Å². The van der Waals surface area contributed by atoms with Crippen molar-refractivity contribution < 1.29 is 9.53 Å². The summed E-state index contributed by atoms with van der Waals surface area (Å²) < 4.78 is 5.28. The molecule has 1 radical (unpaired) electrons. The second-order valence-electron chi connectivity index (χ2n) is 3.87. The molecule has 2 rings (SSSR count). The van der Waals surface area contributed by atoms with Crippen LogP contribution in [0.5, 0.6) is 5.75 Å². The van der Waals surface area contributed by atoms with Gasteiger partial charge in [-0.1, -0.05) is 18.2 Å². The molecule has 0 atom stereocenters. The fraction of sp³-hybridized carbons (Fsp3) is 0.133. The first-order chi connectivity index (χ1) is 8.24. The van der Waals surface area contributed by atoms with Crippen molar-refractivity contribution in [2.24, 2.45) is 0 Å². The highest BCUT2D eigenvalue weighted by atomic mass is 16.5. The molecule has 0 saturated carbocycles. The van der Waals surface area contributed by atoms with Crippen molar-refractivity contribution in [3.8, 4) is 16.9 Å². The van der Waals surface area contributed by atoms with Crippen molar-refractivity contribution >= 4 is 6.29 Å². The normalized spacial score (nSPS) is 10.0. The van der Waals surface area contributed by atoms with Gasteiger partial charge in [0.2, 0.25) is 0 Å². The number of benzene rings is 2. The van der Waals surface area contributed by atoms with Crippen LogP contribution in [0, 0.1) is 13.0 Å². The van der Waals surface area contributed by atoms with Crippen molar-refractivity contribution in [3.63, 3.8) is 0 Å². The summed E-state index contributed by atoms with van der Waals surface area (Å²) in [5, 5.41) is 0. The minimum Gasteiger partial charge on any atom is -0.495 e. The first kappa shape index (κ1) is 11.4. The molecule has 2 heteroatoms. The molecule has 0 N–H and O–H groups in total. The molecule has 17 heavy (non-hydrogen) atoms. The predicted molar refractivity (Wildman–Crippen MR) is 67.4 cm³/mol. The summed E-state index contributed by atoms with van der Waals surface area (Å²) >= 11 is 0. The van der Waals surface area contributed by atoms with E-state index < -0.39 is 0 Å². The van der Waals surface area contributed by atoms with Gasteiger partial charge in [0.05, 0.1) is 7.11 Å². The number of carbonyl (C=O) groups is 1. The highest BCUT2D eigenvalue weighted by molar-refractivity contribution is 5.80. The average molecular weight is 225 g/mol. The first-order valence-electron chi connectivity index (χ1n) is 5.36. The summed E-state index contributed by atoms with van der Waals surface area (Å²) in [5.74, 6) is 0.693. The summed E-state index contributed by atoms with van der Waals surface area (Å²) in [6, 6.07) is 14.4. The van der Waals surface area contributed by atoms with Crippen LogP contribution in [-0.2, 0) is 0 Å². The maximum absolute atomic E-state index is 10.8. The van der Waals surface area contributed by atoms with Gasteiger partial charge < -0.3 is 4.74 Å². The second kappa shape index (κ2) is 4.83. The van der Waals surface area contributed by atoms with Crippen molar-refractivity contribution in [1.82, 2.24) is 0 Å². The highest BCUT2D eigenvalue weighted by Gasteiger charge is 2.06. The number of rotatable bonds is 3. The van der Waals surface area contributed by atoms with Crippen LogP contribution in [0.3, 0.4) is 0 Å². The Morgan fingerprint density at radius 2 is 2.12 bits per heavy atom. The zero-order valence-electron chi connectivity index (χ0n) is 9.86. The third-order valence-corrected chi connectivity index (χ3v) is 2.59. The van der Waals surface area contributed by atoms with E-state index in [-0.39, 0.29) is 0 Å². The molecule has 2 aromatic rings. The van der Waals surface area contributed by atoms with E-state index in [1.165, 1.54) is 0 Å². The van der Waals surface area contributed by atoms with E-state index in [2.05, 4.69) is 6.07 Å². The summed E-state index contributed by atoms with van der Waals surface area (Å²) in [6.45, 7) is 2.00. The Bertz CT molecular complexity index is 544. The molecule has 0 spiro atoms. The van der Waals surface area contributed by atoms with E-state index in [1.54, 1.807) is 13.2 Å². The number of hydrogen-bond acceptors (Lipinski definition) is 2. The van der Waals surface area contributed by atoms with E-state index >= 15 is 0 Å². The lowest BCUT2D eigenvalue weighted by Gasteiger charge is -2.09. The number of methoxy groups -OCH3 is 1. The van der Waals surface area contributed by atoms with E-state index in [4.69, 9.17) is 4.74 Å². The van der Waals surface area contributed by atoms with Crippen LogP contribution in [0.2, 0.25) is 0 Å². The van der Waals surface area contributed by atoms with Gasteiger partial charge in [0, 0.05) is 17.2 Å². The fourth-order valence-corrected chi connectivity index (χ4v) is 1.75. The van der Waals surface area contributed by atoms with Gasteiger partial charge in [-0.05, 0) is 36.2 Å². The monoisotopic (exact) mass is 225 g/mol. The van der Waals surface area contributed by atoms with Crippen molar-refractivity contribution in [2.75, 3.05) is 7.11 Å². The lowest BCUT2D eigenvalue weighted by molar-refractivity contribution is 0.112. The van der Waals surface area contributed by atoms with E-state index in [0.29, 0.717) is 11.3 Å². The average Bonchev–Trinajstić information content (AvgIpc) is 2.39. The molecule has 0 aliphatic heterocycles. The van der Waals surface area contributed by atoms with E-state index in [1.807, 2.05) is 37.3 Å². The molecular formula is C15H13O2. The quantitative estimate of drug-likeness (QED) is 0.749. The standard InChI is InChI=1S/C15H13O2/c1-11-6-7-15(17-2)14(8-11)13-5-3-4-12(9-13)10-16/h3-6,8-10H,1-2H3. The zero-order chi connectivity index (χ0) is 12.3. The number of aldehydes is 1. The lowest BCUT2D eigenvalue weighted by Crippen LogP contribution is -1.90. The summed E-state index contributed by atoms with van der Waals surface area (Å²) in [5.41, 5.74) is 3.69. The molecule has 2 aromatic carbocycles. The molecule has 0 heterocycles. The Labute approximate surface area is 101 Å². The molecule has 2 nitrogen and oxygen atoms in total. The molecule has 0 unspecified atom stereocenters. The van der Waals surface area contributed by atoms with Crippen LogP contribution in [0.15, 0.2) is 36.4 Å². The Kier molecular flexibility index (Phi) is 3.24. The smallest absolute Gasteiger partial charge is 0.150 e. The van der Waals surface area contributed by atoms with Crippen molar-refractivity contribution in [1.29, 1.82) is 0 Å². The molecular weight excluding hydrogens is 212 g/mol. The third-order valence-electron chi connectivity index (χ3n) is 2.59. The maximum atomic E-state index is 10.8. The van der Waals surface area contributed by atoms with Crippen molar-refractivity contribution in [3.05, 3.63) is 53.6 Å². The SMILES string of the molecule is COc1[c]cc(C)cc1-c1cccc(C=O)c1. The van der Waals surface area contributed by atoms with Crippen molar-refractivity contribution in [2.45, 2.75) is 6.92 Å². The number of ether oxygens (including phenoxy) is 1. The molecule has 0 aromatic heterocycles. The summed E-state index contributed by atoms with van der Waals surface area (Å²) in [4.78, 5) is 10.8. The summed E-state index contributed by atoms with van der Waals surface area (Å²) in [7, 11) is 1.62. The van der Waals surface area contributed by atoms with E-state index in [9.17, 15) is 4.79 Å². The van der Waals surface area contributed by atoms with Gasteiger partial charge in [-0.25, -0.2) is 0 Å². The summed E-state index contributed by atoms with van der Waals surface area (Å²) in [6.07, 6.45) is 0.843. The van der Waals surface area contributed by atoms with Gasteiger partial charge in [0.1, 0.15) is 12.0 Å². The van der Waals surface area contributed by atoms with Crippen LogP contribution in [-0.4, -0.2) is 13.4 Å². The fourth-order valence-electron chi connectivity index (χ4n) is 1.75. The number of hydrogen-bond donors (Lipinski definition) is 0. The highest BCUT2D eigenvalue weighted by Crippen LogP contribution is 2.30. The first-order valence-corrected chi connectivity index (χ1v) is 5.36. The zero-order valence-corrected chi connectivity index (χ0v) is 9.86. The molecule has 85 valence electrons. The molecule has 0 bridgehead atoms. The molecule has 0 amide bonds. The van der Waals surface area contributed by atoms with Crippen LogP contribution in [0.4, 0.5) is 0 Å². The van der Waals surface area contributed by atoms with Crippen LogP contribution in [0.1, 0.15) is 15.9 Å². The van der Waals surface area contributed by atoms with Gasteiger partial charge in [0.15, 0.2) is 0 Å². The van der Waals surface area contributed by atoms with Crippen LogP contribution >= 0.6 is 0 Å². The maximum Gasteiger partial charge on any atom is 0.150 e. The van der Waals surface area contributed by atoms with Gasteiger partial charge in [-0.15, -0.1) is 0 Å². The van der Waals surface area contributed by atoms with E-state index in [0.717, 1.165) is 23.0 Å². The molecule has 0 saturated heterocycles. The van der Waals surface area contributed by atoms with Gasteiger partial charge in [-0.3, -0.25) is 4.79 Å². The number of carbonyl (C=O) groups excluding carboxylic acids is 1. The lowest BCUT2D eigenvalue weighted by atomic mass is 10.0. The van der Waals surface area contributed by atoms with Gasteiger partial charge in [-0.2, -0.15) is 0 Å². The Balaban J connectivity index is 2.58. The molecule has 0 aliphatic carbocycles. The van der Waals surface area contributed by atoms with Gasteiger partial charge >= 0.3 is 0 Å². The Morgan fingerprint density at radius 1 is 1.29 bits per heavy atom. The van der Waals surface area contributed by atoms with Gasteiger partial charge in [0.25, 0.3) is 0 Å². The molecule has 0 aliphatic rings. The minimum absolute atomic E-state index is 0.658. The third kappa shape index (κ3) is 2.36. The molecule has 0 fully saturated rings. The predicted octanol–water partition coefficient (Wildman–Crippen LogP) is 3.28. The Hall–Kier alpha value is -2.09. The number of aryl methyl sites for hydroxylation is 1. The minimum atomic E-state index is 0.658.